The van der Waals surface area contributed by atoms with Crippen LogP contribution < -0.4 is 5.32 Å². The van der Waals surface area contributed by atoms with E-state index in [9.17, 15) is 9.18 Å². The number of halogens is 2. The lowest BCUT2D eigenvalue weighted by atomic mass is 10.1. The summed E-state index contributed by atoms with van der Waals surface area (Å²) in [4.78, 5) is 11.9. The van der Waals surface area contributed by atoms with E-state index in [4.69, 9.17) is 16.0 Å². The van der Waals surface area contributed by atoms with Crippen LogP contribution in [0.3, 0.4) is 0 Å². The molecule has 0 aliphatic rings. The number of hydrogen-bond acceptors (Lipinski definition) is 2. The zero-order chi connectivity index (χ0) is 14.7. The van der Waals surface area contributed by atoms with Crippen LogP contribution in [0, 0.1) is 12.7 Å². The molecule has 1 heterocycles. The van der Waals surface area contributed by atoms with Crippen LogP contribution in [0.1, 0.15) is 30.0 Å². The van der Waals surface area contributed by atoms with E-state index in [0.717, 1.165) is 5.76 Å². The van der Waals surface area contributed by atoms with E-state index in [1.807, 2.05) is 13.0 Å². The van der Waals surface area contributed by atoms with Crippen LogP contribution in [0.15, 0.2) is 34.7 Å². The molecule has 1 atom stereocenters. The molecule has 3 nitrogen and oxygen atoms in total. The van der Waals surface area contributed by atoms with Crippen LogP contribution in [-0.4, -0.2) is 5.91 Å². The van der Waals surface area contributed by atoms with Gasteiger partial charge in [0.1, 0.15) is 17.3 Å². The van der Waals surface area contributed by atoms with E-state index >= 15 is 0 Å². The van der Waals surface area contributed by atoms with Crippen molar-refractivity contribution < 1.29 is 13.6 Å². The first-order chi connectivity index (χ1) is 9.47. The molecule has 2 rings (SSSR count). The first kappa shape index (κ1) is 14.6. The van der Waals surface area contributed by atoms with E-state index < -0.39 is 5.82 Å². The van der Waals surface area contributed by atoms with Crippen molar-refractivity contribution in [1.29, 1.82) is 0 Å². The third-order valence-electron chi connectivity index (χ3n) is 2.96. The molecule has 0 aliphatic carbocycles. The lowest BCUT2D eigenvalue weighted by Crippen LogP contribution is -2.28. The van der Waals surface area contributed by atoms with Gasteiger partial charge in [-0.2, -0.15) is 0 Å². The van der Waals surface area contributed by atoms with Gasteiger partial charge < -0.3 is 9.73 Å². The lowest BCUT2D eigenvalue weighted by Gasteiger charge is -2.12. The van der Waals surface area contributed by atoms with Crippen molar-refractivity contribution in [2.75, 3.05) is 0 Å². The topological polar surface area (TPSA) is 42.2 Å². The summed E-state index contributed by atoms with van der Waals surface area (Å²) in [6, 6.07) is 7.71. The summed E-state index contributed by atoms with van der Waals surface area (Å²) in [7, 11) is 0. The molecule has 1 aromatic carbocycles. The summed E-state index contributed by atoms with van der Waals surface area (Å²) in [6.45, 7) is 3.64. The largest absolute Gasteiger partial charge is 0.464 e. The fraction of sp³-hybridized carbons (Fsp3) is 0.267. The van der Waals surface area contributed by atoms with Crippen LogP contribution in [0.25, 0.3) is 0 Å². The third-order valence-corrected chi connectivity index (χ3v) is 3.32. The molecular formula is C15H15ClFNO2. The first-order valence-corrected chi connectivity index (χ1v) is 6.63. The minimum atomic E-state index is -0.478. The van der Waals surface area contributed by atoms with Gasteiger partial charge in [0.25, 0.3) is 0 Å². The van der Waals surface area contributed by atoms with Gasteiger partial charge in [-0.15, -0.1) is 0 Å². The number of carbonyl (C=O) groups excluding carboxylic acids is 1. The van der Waals surface area contributed by atoms with Crippen LogP contribution in [-0.2, 0) is 11.2 Å². The second kappa shape index (κ2) is 6.09. The lowest BCUT2D eigenvalue weighted by molar-refractivity contribution is -0.121. The highest BCUT2D eigenvalue weighted by molar-refractivity contribution is 6.31. The van der Waals surface area contributed by atoms with Crippen molar-refractivity contribution in [2.24, 2.45) is 0 Å². The van der Waals surface area contributed by atoms with Crippen LogP contribution >= 0.6 is 11.6 Å². The molecule has 0 saturated carbocycles. The minimum absolute atomic E-state index is 0.102. The van der Waals surface area contributed by atoms with Gasteiger partial charge in [0, 0.05) is 10.6 Å². The van der Waals surface area contributed by atoms with Gasteiger partial charge in [-0.3, -0.25) is 4.79 Å². The molecule has 20 heavy (non-hydrogen) atoms. The average Bonchev–Trinajstić information content (AvgIpc) is 2.81. The number of amides is 1. The fourth-order valence-electron chi connectivity index (χ4n) is 1.91. The Morgan fingerprint density at radius 3 is 2.75 bits per heavy atom. The van der Waals surface area contributed by atoms with Gasteiger partial charge in [-0.25, -0.2) is 4.39 Å². The van der Waals surface area contributed by atoms with Crippen molar-refractivity contribution in [3.05, 3.63) is 58.3 Å². The molecule has 0 spiro atoms. The Bertz CT molecular complexity index is 604. The van der Waals surface area contributed by atoms with Crippen molar-refractivity contribution >= 4 is 17.5 Å². The van der Waals surface area contributed by atoms with Crippen LogP contribution in [0.5, 0.6) is 0 Å². The van der Waals surface area contributed by atoms with Crippen molar-refractivity contribution in [1.82, 2.24) is 5.32 Å². The molecule has 0 bridgehead atoms. The molecule has 5 heteroatoms. The Hall–Kier alpha value is -1.81. The monoisotopic (exact) mass is 295 g/mol. The zero-order valence-electron chi connectivity index (χ0n) is 11.2. The summed E-state index contributed by atoms with van der Waals surface area (Å²) in [6.07, 6.45) is -0.102. The first-order valence-electron chi connectivity index (χ1n) is 6.26. The quantitative estimate of drug-likeness (QED) is 0.932. The SMILES string of the molecule is Cc1ccc(C(C)NC(=O)Cc2c(F)cccc2Cl)o1. The normalized spacial score (nSPS) is 12.2. The Morgan fingerprint density at radius 1 is 1.40 bits per heavy atom. The highest BCUT2D eigenvalue weighted by Gasteiger charge is 2.16. The van der Waals surface area contributed by atoms with E-state index in [0.29, 0.717) is 5.76 Å². The predicted octanol–water partition coefficient (Wildman–Crippen LogP) is 3.80. The maximum atomic E-state index is 13.6. The molecule has 0 fully saturated rings. The number of nitrogens with one attached hydrogen (secondary N) is 1. The highest BCUT2D eigenvalue weighted by atomic mass is 35.5. The Labute approximate surface area is 121 Å². The number of rotatable bonds is 4. The molecule has 1 amide bonds. The number of furan rings is 1. The van der Waals surface area contributed by atoms with Gasteiger partial charge in [0.05, 0.1) is 12.5 Å². The van der Waals surface area contributed by atoms with Crippen LogP contribution in [0.4, 0.5) is 4.39 Å². The average molecular weight is 296 g/mol. The van der Waals surface area contributed by atoms with Gasteiger partial charge in [-0.1, -0.05) is 17.7 Å². The van der Waals surface area contributed by atoms with Gasteiger partial charge >= 0.3 is 0 Å². The minimum Gasteiger partial charge on any atom is -0.464 e. The summed E-state index contributed by atoms with van der Waals surface area (Å²) in [5, 5.41) is 3.01. The Balaban J connectivity index is 2.02. The van der Waals surface area contributed by atoms with Crippen molar-refractivity contribution in [3.8, 4) is 0 Å². The van der Waals surface area contributed by atoms with E-state index in [2.05, 4.69) is 5.32 Å². The summed E-state index contributed by atoms with van der Waals surface area (Å²) < 4.78 is 19.0. The van der Waals surface area contributed by atoms with Gasteiger partial charge in [-0.05, 0) is 38.1 Å². The molecule has 106 valence electrons. The maximum absolute atomic E-state index is 13.6. The standard InChI is InChI=1S/C15H15ClFNO2/c1-9-6-7-14(20-9)10(2)18-15(19)8-11-12(16)4-3-5-13(11)17/h3-7,10H,8H2,1-2H3,(H,18,19). The zero-order valence-corrected chi connectivity index (χ0v) is 12.0. The highest BCUT2D eigenvalue weighted by Crippen LogP contribution is 2.20. The second-order valence-electron chi connectivity index (χ2n) is 4.61. The molecule has 0 radical (unpaired) electrons. The fourth-order valence-corrected chi connectivity index (χ4v) is 2.14. The molecule has 0 saturated heterocycles. The van der Waals surface area contributed by atoms with E-state index in [-0.39, 0.29) is 29.0 Å². The number of aryl methyl sites for hydroxylation is 1. The molecular weight excluding hydrogens is 281 g/mol. The molecule has 0 aliphatic heterocycles. The van der Waals surface area contributed by atoms with Crippen LogP contribution in [0.2, 0.25) is 5.02 Å². The molecule has 1 N–H and O–H groups in total. The van der Waals surface area contributed by atoms with Crippen molar-refractivity contribution in [3.63, 3.8) is 0 Å². The molecule has 1 aromatic heterocycles. The predicted molar refractivity (Wildman–Crippen MR) is 75.1 cm³/mol. The van der Waals surface area contributed by atoms with E-state index in [1.165, 1.54) is 12.1 Å². The summed E-state index contributed by atoms with van der Waals surface area (Å²) in [5.74, 6) is 0.654. The Morgan fingerprint density at radius 2 is 2.15 bits per heavy atom. The third kappa shape index (κ3) is 3.39. The number of hydrogen-bond donors (Lipinski definition) is 1. The summed E-state index contributed by atoms with van der Waals surface area (Å²) >= 11 is 5.89. The maximum Gasteiger partial charge on any atom is 0.225 e. The van der Waals surface area contributed by atoms with Gasteiger partial charge in [0.2, 0.25) is 5.91 Å². The Kier molecular flexibility index (Phi) is 4.45. The van der Waals surface area contributed by atoms with Crippen molar-refractivity contribution in [2.45, 2.75) is 26.3 Å². The molecule has 2 aromatic rings. The number of benzene rings is 1. The second-order valence-corrected chi connectivity index (χ2v) is 5.02. The number of carbonyl (C=O) groups is 1. The smallest absolute Gasteiger partial charge is 0.225 e. The molecule has 1 unspecified atom stereocenters. The van der Waals surface area contributed by atoms with Gasteiger partial charge in [0.15, 0.2) is 0 Å². The summed E-state index contributed by atoms with van der Waals surface area (Å²) in [5.41, 5.74) is 0.203. The van der Waals surface area contributed by atoms with E-state index in [1.54, 1.807) is 19.1 Å².